The van der Waals surface area contributed by atoms with Gasteiger partial charge in [0.15, 0.2) is 0 Å². The normalized spacial score (nSPS) is 37.9. The summed E-state index contributed by atoms with van der Waals surface area (Å²) in [5.74, 6) is 0.123. The smallest absolute Gasteiger partial charge is 0.272 e. The summed E-state index contributed by atoms with van der Waals surface area (Å²) in [6.07, 6.45) is 7.92. The van der Waals surface area contributed by atoms with E-state index in [9.17, 15) is 4.79 Å². The summed E-state index contributed by atoms with van der Waals surface area (Å²) in [5.41, 5.74) is 0.842. The number of fused-ring (bicyclic) bond motifs is 1. The lowest BCUT2D eigenvalue weighted by molar-refractivity contribution is 0.0279. The second-order valence-corrected chi connectivity index (χ2v) is 7.52. The minimum atomic E-state index is 0.123. The number of carbonyl (C=O) groups is 1. The van der Waals surface area contributed by atoms with Crippen LogP contribution < -0.4 is 0 Å². The van der Waals surface area contributed by atoms with Crippen molar-refractivity contribution in [1.29, 1.82) is 0 Å². The van der Waals surface area contributed by atoms with Gasteiger partial charge in [-0.1, -0.05) is 25.8 Å². The Morgan fingerprint density at radius 1 is 1.27 bits per heavy atom. The first kappa shape index (κ1) is 14.2. The van der Waals surface area contributed by atoms with E-state index < -0.39 is 0 Å². The molecule has 4 heteroatoms. The maximum absolute atomic E-state index is 13.0. The first-order chi connectivity index (χ1) is 10.6. The molecule has 3 heterocycles. The number of carbonyl (C=O) groups excluding carboxylic acids is 1. The van der Waals surface area contributed by atoms with Crippen LogP contribution in [0.15, 0.2) is 24.4 Å². The van der Waals surface area contributed by atoms with E-state index in [1.165, 1.54) is 25.7 Å². The molecule has 2 aliphatic heterocycles. The summed E-state index contributed by atoms with van der Waals surface area (Å²) in [7, 11) is 2.26. The van der Waals surface area contributed by atoms with Gasteiger partial charge in [-0.2, -0.15) is 0 Å². The van der Waals surface area contributed by atoms with Crippen LogP contribution >= 0.6 is 0 Å². The van der Waals surface area contributed by atoms with Crippen molar-refractivity contribution in [3.8, 4) is 0 Å². The summed E-state index contributed by atoms with van der Waals surface area (Å²) in [6.45, 7) is 3.28. The molecule has 118 valence electrons. The summed E-state index contributed by atoms with van der Waals surface area (Å²) in [4.78, 5) is 22.0. The molecule has 1 aliphatic carbocycles. The molecule has 2 saturated heterocycles. The molecule has 1 aromatic heterocycles. The Labute approximate surface area is 132 Å². The van der Waals surface area contributed by atoms with E-state index in [0.717, 1.165) is 13.0 Å². The van der Waals surface area contributed by atoms with Crippen molar-refractivity contribution < 1.29 is 4.79 Å². The zero-order chi connectivity index (χ0) is 15.3. The molecule has 0 N–H and O–H groups in total. The second-order valence-electron chi connectivity index (χ2n) is 7.52. The summed E-state index contributed by atoms with van der Waals surface area (Å²) in [6, 6.07) is 7.13. The van der Waals surface area contributed by atoms with Gasteiger partial charge in [0.25, 0.3) is 5.91 Å². The third-order valence-corrected chi connectivity index (χ3v) is 6.40. The number of aromatic nitrogens is 1. The van der Waals surface area contributed by atoms with Crippen LogP contribution in [-0.2, 0) is 0 Å². The third kappa shape index (κ3) is 1.93. The molecule has 1 amide bonds. The SMILES string of the molecule is CN1[C@@H]2CN(C(=O)c3ccccn3)[C@@H]3CCCC[C@H]1[C@]3(C)C2. The average Bonchev–Trinajstić information content (AvgIpc) is 2.67. The second kappa shape index (κ2) is 5.05. The lowest BCUT2D eigenvalue weighted by Gasteiger charge is -2.46. The number of hydrogen-bond acceptors (Lipinski definition) is 3. The van der Waals surface area contributed by atoms with Crippen LogP contribution in [0.1, 0.15) is 49.5 Å². The predicted octanol–water partition coefficient (Wildman–Crippen LogP) is 2.56. The highest BCUT2D eigenvalue weighted by atomic mass is 16.2. The molecule has 2 bridgehead atoms. The van der Waals surface area contributed by atoms with Gasteiger partial charge in [0, 0.05) is 36.3 Å². The van der Waals surface area contributed by atoms with E-state index in [-0.39, 0.29) is 11.3 Å². The highest BCUT2D eigenvalue weighted by molar-refractivity contribution is 5.92. The van der Waals surface area contributed by atoms with Crippen LogP contribution in [0.25, 0.3) is 0 Å². The van der Waals surface area contributed by atoms with Crippen LogP contribution in [0.3, 0.4) is 0 Å². The van der Waals surface area contributed by atoms with Gasteiger partial charge in [0.05, 0.1) is 0 Å². The minimum absolute atomic E-state index is 0.123. The Morgan fingerprint density at radius 3 is 2.77 bits per heavy atom. The van der Waals surface area contributed by atoms with Gasteiger partial charge < -0.3 is 4.90 Å². The standard InChI is InChI=1S/C18H25N3O/c1-18-11-13-12-21(17(22)14-7-5-6-10-19-14)16(18)9-4-3-8-15(18)20(13)2/h5-7,10,13,15-16H,3-4,8-9,11-12H2,1-2H3/t13-,15-,16+,18-/m0/s1. The van der Waals surface area contributed by atoms with Gasteiger partial charge in [-0.3, -0.25) is 14.7 Å². The lowest BCUT2D eigenvalue weighted by Crippen LogP contribution is -2.55. The van der Waals surface area contributed by atoms with Crippen molar-refractivity contribution in [3.05, 3.63) is 30.1 Å². The van der Waals surface area contributed by atoms with Crippen molar-refractivity contribution in [1.82, 2.24) is 14.8 Å². The van der Waals surface area contributed by atoms with Gasteiger partial charge in [0.1, 0.15) is 5.69 Å². The average molecular weight is 299 g/mol. The van der Waals surface area contributed by atoms with E-state index in [1.54, 1.807) is 6.20 Å². The number of hydrogen-bond donors (Lipinski definition) is 0. The summed E-state index contributed by atoms with van der Waals surface area (Å²) < 4.78 is 0. The van der Waals surface area contributed by atoms with E-state index in [2.05, 4.69) is 28.8 Å². The quantitative estimate of drug-likeness (QED) is 0.799. The first-order valence-corrected chi connectivity index (χ1v) is 8.55. The topological polar surface area (TPSA) is 36.4 Å². The Hall–Kier alpha value is -1.42. The fourth-order valence-corrected chi connectivity index (χ4v) is 5.32. The number of likely N-dealkylation sites (N-methyl/N-ethyl adjacent to an activating group) is 1. The van der Waals surface area contributed by atoms with Crippen LogP contribution in [0.5, 0.6) is 0 Å². The van der Waals surface area contributed by atoms with Gasteiger partial charge in [-0.25, -0.2) is 0 Å². The number of pyridine rings is 1. The van der Waals surface area contributed by atoms with Gasteiger partial charge >= 0.3 is 0 Å². The van der Waals surface area contributed by atoms with Gasteiger partial charge in [0.2, 0.25) is 0 Å². The molecule has 0 unspecified atom stereocenters. The van der Waals surface area contributed by atoms with E-state index >= 15 is 0 Å². The molecule has 4 rings (SSSR count). The number of piperidine rings is 1. The zero-order valence-electron chi connectivity index (χ0n) is 13.5. The lowest BCUT2D eigenvalue weighted by atomic mass is 9.71. The molecule has 1 saturated carbocycles. The van der Waals surface area contributed by atoms with Crippen molar-refractivity contribution in [2.45, 2.75) is 57.2 Å². The Morgan fingerprint density at radius 2 is 2.05 bits per heavy atom. The van der Waals surface area contributed by atoms with Crippen LogP contribution in [0.4, 0.5) is 0 Å². The van der Waals surface area contributed by atoms with Crippen molar-refractivity contribution in [3.63, 3.8) is 0 Å². The third-order valence-electron chi connectivity index (χ3n) is 6.40. The molecular formula is C18H25N3O. The molecule has 1 aromatic rings. The highest BCUT2D eigenvalue weighted by Gasteiger charge is 2.58. The fraction of sp³-hybridized carbons (Fsp3) is 0.667. The Bertz CT molecular complexity index is 575. The number of amides is 1. The van der Waals surface area contributed by atoms with Crippen LogP contribution in [0.2, 0.25) is 0 Å². The highest BCUT2D eigenvalue weighted by Crippen LogP contribution is 2.52. The van der Waals surface area contributed by atoms with Crippen molar-refractivity contribution in [2.75, 3.05) is 13.6 Å². The molecular weight excluding hydrogens is 274 g/mol. The van der Waals surface area contributed by atoms with Crippen molar-refractivity contribution in [2.24, 2.45) is 5.41 Å². The molecule has 4 nitrogen and oxygen atoms in total. The molecule has 0 aromatic carbocycles. The van der Waals surface area contributed by atoms with Crippen LogP contribution in [0, 0.1) is 5.41 Å². The molecule has 22 heavy (non-hydrogen) atoms. The zero-order valence-corrected chi connectivity index (χ0v) is 13.5. The summed E-state index contributed by atoms with van der Waals surface area (Å²) >= 11 is 0. The molecule has 3 aliphatic rings. The Kier molecular flexibility index (Phi) is 3.26. The van der Waals surface area contributed by atoms with E-state index in [0.29, 0.717) is 23.8 Å². The van der Waals surface area contributed by atoms with E-state index in [1.807, 2.05) is 18.2 Å². The molecule has 4 atom stereocenters. The number of likely N-dealkylation sites (tertiary alicyclic amines) is 2. The molecule has 3 fully saturated rings. The molecule has 0 radical (unpaired) electrons. The number of rotatable bonds is 1. The first-order valence-electron chi connectivity index (χ1n) is 8.55. The predicted molar refractivity (Wildman–Crippen MR) is 85.6 cm³/mol. The molecule has 0 spiro atoms. The minimum Gasteiger partial charge on any atom is -0.332 e. The summed E-state index contributed by atoms with van der Waals surface area (Å²) in [5, 5.41) is 0. The fourth-order valence-electron chi connectivity index (χ4n) is 5.32. The van der Waals surface area contributed by atoms with Gasteiger partial charge in [-0.05, 0) is 38.4 Å². The van der Waals surface area contributed by atoms with Crippen LogP contribution in [-0.4, -0.2) is 52.4 Å². The largest absolute Gasteiger partial charge is 0.332 e. The Balaban J connectivity index is 1.71. The maximum Gasteiger partial charge on any atom is 0.272 e. The van der Waals surface area contributed by atoms with E-state index in [4.69, 9.17) is 0 Å². The number of nitrogens with zero attached hydrogens (tertiary/aromatic N) is 3. The van der Waals surface area contributed by atoms with Crippen molar-refractivity contribution >= 4 is 5.91 Å². The monoisotopic (exact) mass is 299 g/mol. The maximum atomic E-state index is 13.0. The van der Waals surface area contributed by atoms with Gasteiger partial charge in [-0.15, -0.1) is 0 Å².